The van der Waals surface area contributed by atoms with E-state index in [0.717, 1.165) is 51.5 Å². The van der Waals surface area contributed by atoms with Crippen LogP contribution >= 0.6 is 11.3 Å². The van der Waals surface area contributed by atoms with Crippen molar-refractivity contribution in [3.63, 3.8) is 0 Å². The molecule has 1 aromatic carbocycles. The Hall–Kier alpha value is -1.85. The molecule has 0 spiro atoms. The molecule has 2 N–H and O–H groups in total. The molecule has 1 aromatic heterocycles. The molecule has 0 aliphatic carbocycles. The second-order valence-electron chi connectivity index (χ2n) is 6.35. The molecule has 5 heteroatoms. The van der Waals surface area contributed by atoms with Gasteiger partial charge < -0.3 is 15.4 Å². The number of guanidine groups is 1. The van der Waals surface area contributed by atoms with E-state index in [1.807, 2.05) is 13.1 Å². The maximum absolute atomic E-state index is 5.72. The summed E-state index contributed by atoms with van der Waals surface area (Å²) in [6, 6.07) is 14.8. The van der Waals surface area contributed by atoms with Gasteiger partial charge in [-0.1, -0.05) is 43.3 Å². The average molecular weight is 374 g/mol. The van der Waals surface area contributed by atoms with Crippen molar-refractivity contribution in [3.8, 4) is 0 Å². The molecule has 2 rings (SSSR count). The third-order valence-corrected chi connectivity index (χ3v) is 5.32. The highest BCUT2D eigenvalue weighted by atomic mass is 32.1. The fourth-order valence-corrected chi connectivity index (χ4v) is 3.40. The molecule has 1 heterocycles. The van der Waals surface area contributed by atoms with Crippen molar-refractivity contribution in [1.82, 2.24) is 10.6 Å². The molecule has 0 bridgehead atoms. The lowest BCUT2D eigenvalue weighted by Crippen LogP contribution is -2.39. The van der Waals surface area contributed by atoms with Gasteiger partial charge in [0, 0.05) is 37.5 Å². The number of rotatable bonds is 11. The molecule has 0 saturated carbocycles. The lowest BCUT2D eigenvalue weighted by atomic mass is 10.1. The quantitative estimate of drug-likeness (QED) is 0.355. The zero-order valence-electron chi connectivity index (χ0n) is 15.9. The monoisotopic (exact) mass is 373 g/mol. The molecule has 4 nitrogen and oxygen atoms in total. The molecular formula is C21H31N3OS. The highest BCUT2D eigenvalue weighted by Crippen LogP contribution is 2.19. The summed E-state index contributed by atoms with van der Waals surface area (Å²) in [7, 11) is 1.82. The molecule has 2 aromatic rings. The first-order chi connectivity index (χ1) is 12.8. The van der Waals surface area contributed by atoms with Gasteiger partial charge in [0.25, 0.3) is 0 Å². The molecule has 0 aliphatic heterocycles. The smallest absolute Gasteiger partial charge is 0.190 e. The molecular weight excluding hydrogens is 342 g/mol. The lowest BCUT2D eigenvalue weighted by Gasteiger charge is -2.15. The van der Waals surface area contributed by atoms with Crippen molar-refractivity contribution in [2.75, 3.05) is 33.4 Å². The van der Waals surface area contributed by atoms with E-state index in [9.17, 15) is 0 Å². The number of unbranched alkanes of at least 4 members (excludes halogenated alkanes) is 1. The summed E-state index contributed by atoms with van der Waals surface area (Å²) in [5, 5.41) is 8.90. The van der Waals surface area contributed by atoms with Gasteiger partial charge in [-0.05, 0) is 36.3 Å². The number of hydrogen-bond donors (Lipinski definition) is 2. The Kier molecular flexibility index (Phi) is 9.83. The van der Waals surface area contributed by atoms with Crippen LogP contribution < -0.4 is 10.6 Å². The van der Waals surface area contributed by atoms with Gasteiger partial charge >= 0.3 is 0 Å². The highest BCUT2D eigenvalue weighted by molar-refractivity contribution is 7.10. The van der Waals surface area contributed by atoms with Crippen molar-refractivity contribution in [3.05, 3.63) is 58.3 Å². The minimum absolute atomic E-state index is 0.492. The Morgan fingerprint density at radius 3 is 2.65 bits per heavy atom. The fraction of sp³-hybridized carbons (Fsp3) is 0.476. The van der Waals surface area contributed by atoms with E-state index in [-0.39, 0.29) is 0 Å². The van der Waals surface area contributed by atoms with Crippen molar-refractivity contribution >= 4 is 17.3 Å². The molecule has 0 radical (unpaired) electrons. The standard InChI is InChI=1S/C21H31N3OS/c1-18(20-11-8-16-26-20)17-24-21(22-2)23-13-6-7-14-25-15-12-19-9-4-3-5-10-19/h3-5,8-11,16,18H,6-7,12-15,17H2,1-2H3,(H2,22,23,24). The first-order valence-electron chi connectivity index (χ1n) is 9.39. The van der Waals surface area contributed by atoms with Crippen LogP contribution in [0.4, 0.5) is 0 Å². The lowest BCUT2D eigenvalue weighted by molar-refractivity contribution is 0.133. The molecule has 0 fully saturated rings. The van der Waals surface area contributed by atoms with E-state index in [2.05, 4.69) is 64.3 Å². The Bertz CT molecular complexity index is 613. The number of ether oxygens (including phenoxy) is 1. The number of hydrogen-bond acceptors (Lipinski definition) is 3. The van der Waals surface area contributed by atoms with Crippen molar-refractivity contribution < 1.29 is 4.74 Å². The number of nitrogens with zero attached hydrogens (tertiary/aromatic N) is 1. The summed E-state index contributed by atoms with van der Waals surface area (Å²) in [6.45, 7) is 5.65. The van der Waals surface area contributed by atoms with Crippen molar-refractivity contribution in [2.45, 2.75) is 32.1 Å². The van der Waals surface area contributed by atoms with Gasteiger partial charge in [0.15, 0.2) is 5.96 Å². The normalized spacial score (nSPS) is 12.8. The number of nitrogens with one attached hydrogen (secondary N) is 2. The molecule has 142 valence electrons. The van der Waals surface area contributed by atoms with Gasteiger partial charge in [-0.25, -0.2) is 0 Å². The third kappa shape index (κ3) is 8.02. The van der Waals surface area contributed by atoms with E-state index in [4.69, 9.17) is 4.74 Å². The van der Waals surface area contributed by atoms with Crippen LogP contribution in [0, 0.1) is 0 Å². The van der Waals surface area contributed by atoms with Crippen LogP contribution in [0.5, 0.6) is 0 Å². The predicted octanol–water partition coefficient (Wildman–Crippen LogP) is 4.06. The van der Waals surface area contributed by atoms with Crippen molar-refractivity contribution in [1.29, 1.82) is 0 Å². The van der Waals surface area contributed by atoms with E-state index in [0.29, 0.717) is 5.92 Å². The first kappa shape index (κ1) is 20.5. The van der Waals surface area contributed by atoms with E-state index >= 15 is 0 Å². The second kappa shape index (κ2) is 12.5. The molecule has 0 aliphatic rings. The van der Waals surface area contributed by atoms with Gasteiger partial charge in [0.1, 0.15) is 0 Å². The number of thiophene rings is 1. The molecule has 1 atom stereocenters. The van der Waals surface area contributed by atoms with Crippen LogP contribution in [-0.2, 0) is 11.2 Å². The van der Waals surface area contributed by atoms with Crippen LogP contribution in [0.15, 0.2) is 52.8 Å². The average Bonchev–Trinajstić information content (AvgIpc) is 3.21. The Morgan fingerprint density at radius 1 is 1.08 bits per heavy atom. The third-order valence-electron chi connectivity index (χ3n) is 4.21. The molecule has 26 heavy (non-hydrogen) atoms. The van der Waals surface area contributed by atoms with Gasteiger partial charge in [0.05, 0.1) is 6.61 Å². The summed E-state index contributed by atoms with van der Waals surface area (Å²) in [6.07, 6.45) is 3.12. The van der Waals surface area contributed by atoms with Crippen LogP contribution in [0.25, 0.3) is 0 Å². The summed E-state index contributed by atoms with van der Waals surface area (Å²) in [5.41, 5.74) is 1.33. The zero-order chi connectivity index (χ0) is 18.5. The van der Waals surface area contributed by atoms with Crippen LogP contribution in [-0.4, -0.2) is 39.3 Å². The minimum atomic E-state index is 0.492. The summed E-state index contributed by atoms with van der Waals surface area (Å²) in [5.74, 6) is 1.37. The SMILES string of the molecule is CN=C(NCCCCOCCc1ccccc1)NCC(C)c1cccs1. The predicted molar refractivity (Wildman–Crippen MR) is 112 cm³/mol. The van der Waals surface area contributed by atoms with Crippen LogP contribution in [0.2, 0.25) is 0 Å². The molecule has 0 amide bonds. The van der Waals surface area contributed by atoms with Crippen LogP contribution in [0.1, 0.15) is 36.1 Å². The van der Waals surface area contributed by atoms with Gasteiger partial charge in [-0.3, -0.25) is 4.99 Å². The summed E-state index contributed by atoms with van der Waals surface area (Å²) >= 11 is 1.81. The number of aliphatic imine (C=N–C) groups is 1. The fourth-order valence-electron chi connectivity index (χ4n) is 2.62. The van der Waals surface area contributed by atoms with Gasteiger partial charge in [0.2, 0.25) is 0 Å². The van der Waals surface area contributed by atoms with E-state index < -0.39 is 0 Å². The van der Waals surface area contributed by atoms with Crippen molar-refractivity contribution in [2.24, 2.45) is 4.99 Å². The Balaban J connectivity index is 1.47. The maximum Gasteiger partial charge on any atom is 0.190 e. The van der Waals surface area contributed by atoms with Gasteiger partial charge in [-0.2, -0.15) is 0 Å². The summed E-state index contributed by atoms with van der Waals surface area (Å²) < 4.78 is 5.72. The van der Waals surface area contributed by atoms with Crippen LogP contribution in [0.3, 0.4) is 0 Å². The largest absolute Gasteiger partial charge is 0.381 e. The maximum atomic E-state index is 5.72. The molecule has 1 unspecified atom stereocenters. The first-order valence-corrected chi connectivity index (χ1v) is 10.3. The highest BCUT2D eigenvalue weighted by Gasteiger charge is 2.07. The minimum Gasteiger partial charge on any atom is -0.381 e. The van der Waals surface area contributed by atoms with E-state index in [1.165, 1.54) is 10.4 Å². The topological polar surface area (TPSA) is 45.7 Å². The number of benzene rings is 1. The Labute approximate surface area is 161 Å². The van der Waals surface area contributed by atoms with Gasteiger partial charge in [-0.15, -0.1) is 11.3 Å². The Morgan fingerprint density at radius 2 is 1.92 bits per heavy atom. The molecule has 0 saturated heterocycles. The zero-order valence-corrected chi connectivity index (χ0v) is 16.7. The van der Waals surface area contributed by atoms with E-state index in [1.54, 1.807) is 11.3 Å². The second-order valence-corrected chi connectivity index (χ2v) is 7.33. The summed E-state index contributed by atoms with van der Waals surface area (Å²) in [4.78, 5) is 5.69.